The van der Waals surface area contributed by atoms with E-state index in [0.717, 1.165) is 4.90 Å². The van der Waals surface area contributed by atoms with E-state index in [0.29, 0.717) is 5.56 Å². The van der Waals surface area contributed by atoms with Crippen LogP contribution in [0.1, 0.15) is 41.6 Å². The lowest BCUT2D eigenvalue weighted by Crippen LogP contribution is -2.53. The molecule has 1 unspecified atom stereocenters. The second kappa shape index (κ2) is 12.2. The summed E-state index contributed by atoms with van der Waals surface area (Å²) in [5.74, 6) is -4.38. The van der Waals surface area contributed by atoms with Crippen LogP contribution in [0.2, 0.25) is 5.02 Å². The summed E-state index contributed by atoms with van der Waals surface area (Å²) in [7, 11) is -1.07. The average Bonchev–Trinajstić information content (AvgIpc) is 3.25. The molecular formula is C28H31ClN2O9S2. The molecule has 4 N–H and O–H groups in total. The lowest BCUT2D eigenvalue weighted by Gasteiger charge is -2.38. The van der Waals surface area contributed by atoms with Gasteiger partial charge in [-0.2, -0.15) is 0 Å². The molecule has 4 rings (SSSR count). The molecule has 226 valence electrons. The minimum atomic E-state index is -3.82. The summed E-state index contributed by atoms with van der Waals surface area (Å²) in [5, 5.41) is 19.4. The SMILES string of the molecule is COc1cc(OC)c2c(c1Cl)O[C@]1(C2=O)C(O)=C(C(CC(=O)NCCS(N)(=O)=O)c2ccc(SC)cc2)C(=O)C[C@H]1C. The van der Waals surface area contributed by atoms with E-state index in [4.69, 9.17) is 31.0 Å². The van der Waals surface area contributed by atoms with Crippen LogP contribution in [0.4, 0.5) is 0 Å². The summed E-state index contributed by atoms with van der Waals surface area (Å²) in [6.45, 7) is 1.36. The third-order valence-corrected chi connectivity index (χ3v) is 9.35. The molecule has 0 bridgehead atoms. The van der Waals surface area contributed by atoms with Crippen LogP contribution in [0.5, 0.6) is 17.2 Å². The maximum absolute atomic E-state index is 14.1. The van der Waals surface area contributed by atoms with Crippen LogP contribution >= 0.6 is 23.4 Å². The van der Waals surface area contributed by atoms with Gasteiger partial charge in [-0.1, -0.05) is 30.7 Å². The van der Waals surface area contributed by atoms with Gasteiger partial charge in [0.2, 0.25) is 27.3 Å². The van der Waals surface area contributed by atoms with Crippen molar-refractivity contribution < 1.29 is 42.1 Å². The molecule has 0 aromatic heterocycles. The zero-order valence-electron chi connectivity index (χ0n) is 23.4. The standard InChI is InChI=1S/C28H31ClN2O9S2/c1-14-11-18(32)22(17(15-5-7-16(41-4)8-6-15)12-21(33)31-9-10-42(30,36)37)26(34)28(14)27(35)23-19(38-2)13-20(39-3)24(29)25(23)40-28/h5-8,13-14,17,34H,9-12H2,1-4H3,(H,31,33)(H2,30,36,37)/t14-,17?,28+/m1/s1. The monoisotopic (exact) mass is 638 g/mol. The third-order valence-electron chi connectivity index (χ3n) is 7.48. The quantitative estimate of drug-likeness (QED) is 0.328. The molecular weight excluding hydrogens is 608 g/mol. The molecule has 2 aliphatic rings. The summed E-state index contributed by atoms with van der Waals surface area (Å²) in [4.78, 5) is 41.6. The molecule has 1 heterocycles. The van der Waals surface area contributed by atoms with E-state index in [-0.39, 0.29) is 52.8 Å². The Kier molecular flexibility index (Phi) is 9.17. The second-order valence-corrected chi connectivity index (χ2v) is 13.0. The first kappa shape index (κ1) is 31.7. The first-order chi connectivity index (χ1) is 19.8. The van der Waals surface area contributed by atoms with Crippen LogP contribution in [0.15, 0.2) is 46.6 Å². The van der Waals surface area contributed by atoms with Crippen molar-refractivity contribution >= 4 is 50.9 Å². The van der Waals surface area contributed by atoms with Gasteiger partial charge in [0, 0.05) is 47.8 Å². The number of rotatable bonds is 10. The molecule has 0 radical (unpaired) electrons. The summed E-state index contributed by atoms with van der Waals surface area (Å²) in [5.41, 5.74) is -1.66. The molecule has 42 heavy (non-hydrogen) atoms. The van der Waals surface area contributed by atoms with Crippen molar-refractivity contribution in [2.24, 2.45) is 11.1 Å². The number of allylic oxidation sites excluding steroid dienone is 1. The van der Waals surface area contributed by atoms with Gasteiger partial charge in [-0.15, -0.1) is 11.8 Å². The molecule has 1 amide bonds. The molecule has 1 aliphatic heterocycles. The van der Waals surface area contributed by atoms with Gasteiger partial charge in [-0.25, -0.2) is 13.6 Å². The highest BCUT2D eigenvalue weighted by molar-refractivity contribution is 7.98. The van der Waals surface area contributed by atoms with E-state index in [2.05, 4.69) is 5.32 Å². The fourth-order valence-corrected chi connectivity index (χ4v) is 6.41. The van der Waals surface area contributed by atoms with Crippen molar-refractivity contribution in [3.8, 4) is 17.2 Å². The normalized spacial score (nSPS) is 20.8. The number of carbonyl (C=O) groups is 3. The van der Waals surface area contributed by atoms with Crippen molar-refractivity contribution in [1.82, 2.24) is 5.32 Å². The summed E-state index contributed by atoms with van der Waals surface area (Å²) in [6.07, 6.45) is 1.38. The predicted molar refractivity (Wildman–Crippen MR) is 157 cm³/mol. The highest BCUT2D eigenvalue weighted by Gasteiger charge is 2.61. The van der Waals surface area contributed by atoms with Crippen molar-refractivity contribution in [3.63, 3.8) is 0 Å². The number of primary sulfonamides is 1. The Morgan fingerprint density at radius 3 is 2.45 bits per heavy atom. The van der Waals surface area contributed by atoms with E-state index < -0.39 is 56.4 Å². The molecule has 0 fully saturated rings. The predicted octanol–water partition coefficient (Wildman–Crippen LogP) is 3.39. The summed E-state index contributed by atoms with van der Waals surface area (Å²) in [6, 6.07) is 8.49. The van der Waals surface area contributed by atoms with Gasteiger partial charge in [0.25, 0.3) is 0 Å². The van der Waals surface area contributed by atoms with Crippen LogP contribution in [0.3, 0.4) is 0 Å². The third kappa shape index (κ3) is 5.70. The van der Waals surface area contributed by atoms with Crippen LogP contribution in [0.25, 0.3) is 0 Å². The smallest absolute Gasteiger partial charge is 0.231 e. The van der Waals surface area contributed by atoms with Gasteiger partial charge >= 0.3 is 0 Å². The first-order valence-corrected chi connectivity index (χ1v) is 16.2. The van der Waals surface area contributed by atoms with Gasteiger partial charge in [-0.05, 0) is 24.0 Å². The fraction of sp³-hybridized carbons (Fsp3) is 0.393. The maximum Gasteiger partial charge on any atom is 0.231 e. The largest absolute Gasteiger partial charge is 0.507 e. The minimum absolute atomic E-state index is 0.00277. The van der Waals surface area contributed by atoms with E-state index in [1.807, 2.05) is 6.26 Å². The number of methoxy groups -OCH3 is 2. The summed E-state index contributed by atoms with van der Waals surface area (Å²) < 4.78 is 39.6. The van der Waals surface area contributed by atoms with E-state index in [9.17, 15) is 27.9 Å². The second-order valence-electron chi connectivity index (χ2n) is 10.0. The Labute approximate surface area is 252 Å². The van der Waals surface area contributed by atoms with Gasteiger partial charge < -0.3 is 24.6 Å². The average molecular weight is 639 g/mol. The number of Topliss-reactive ketones (excluding diaryl/α,β-unsaturated/α-hetero) is 2. The number of sulfonamides is 1. The number of ether oxygens (including phenoxy) is 3. The van der Waals surface area contributed by atoms with E-state index in [1.54, 1.807) is 31.2 Å². The lowest BCUT2D eigenvalue weighted by atomic mass is 9.69. The van der Waals surface area contributed by atoms with E-state index >= 15 is 0 Å². The van der Waals surface area contributed by atoms with Gasteiger partial charge in [0.05, 0.1) is 20.0 Å². The van der Waals surface area contributed by atoms with Gasteiger partial charge in [-0.3, -0.25) is 14.4 Å². The van der Waals surface area contributed by atoms with Crippen molar-refractivity contribution in [1.29, 1.82) is 0 Å². The lowest BCUT2D eigenvalue weighted by molar-refractivity contribution is -0.121. The molecule has 0 saturated carbocycles. The van der Waals surface area contributed by atoms with Crippen molar-refractivity contribution in [2.45, 2.75) is 36.2 Å². The van der Waals surface area contributed by atoms with Crippen molar-refractivity contribution in [3.05, 3.63) is 57.8 Å². The Morgan fingerprint density at radius 1 is 1.24 bits per heavy atom. The topological polar surface area (TPSA) is 171 Å². The first-order valence-electron chi connectivity index (χ1n) is 12.8. The molecule has 1 spiro atoms. The molecule has 0 saturated heterocycles. The highest BCUT2D eigenvalue weighted by atomic mass is 35.5. The van der Waals surface area contributed by atoms with Crippen LogP contribution in [-0.4, -0.2) is 69.4 Å². The molecule has 2 aromatic rings. The fourth-order valence-electron chi connectivity index (χ4n) is 5.35. The number of halogens is 1. The number of hydrogen-bond donors (Lipinski definition) is 3. The Morgan fingerprint density at radius 2 is 1.88 bits per heavy atom. The minimum Gasteiger partial charge on any atom is -0.507 e. The van der Waals surface area contributed by atoms with Crippen molar-refractivity contribution in [2.75, 3.05) is 32.8 Å². The maximum atomic E-state index is 14.1. The number of benzene rings is 2. The van der Waals surface area contributed by atoms with E-state index in [1.165, 1.54) is 32.0 Å². The number of aliphatic hydroxyl groups is 1. The molecule has 2 aromatic carbocycles. The number of nitrogens with one attached hydrogen (secondary N) is 1. The highest BCUT2D eigenvalue weighted by Crippen LogP contribution is 2.55. The Bertz CT molecular complexity index is 1570. The number of ketones is 2. The van der Waals surface area contributed by atoms with Crippen LogP contribution in [0, 0.1) is 5.92 Å². The number of nitrogens with two attached hydrogens (primary N) is 1. The number of carbonyl (C=O) groups excluding carboxylic acids is 3. The Hall–Kier alpha value is -3.26. The summed E-state index contributed by atoms with van der Waals surface area (Å²) >= 11 is 8.01. The van der Waals surface area contributed by atoms with Crippen LogP contribution in [-0.2, 0) is 19.6 Å². The zero-order valence-corrected chi connectivity index (χ0v) is 25.7. The zero-order chi connectivity index (χ0) is 31.0. The van der Waals surface area contributed by atoms with Gasteiger partial charge in [0.15, 0.2) is 17.3 Å². The van der Waals surface area contributed by atoms with Crippen LogP contribution < -0.4 is 24.7 Å². The Balaban J connectivity index is 1.85. The number of fused-ring (bicyclic) bond motifs is 1. The number of aliphatic hydroxyl groups excluding tert-OH is 1. The number of amides is 1. The van der Waals surface area contributed by atoms with Gasteiger partial charge in [0.1, 0.15) is 22.1 Å². The number of hydrogen-bond acceptors (Lipinski definition) is 10. The molecule has 3 atom stereocenters. The molecule has 14 heteroatoms. The number of thioether (sulfide) groups is 1. The molecule has 1 aliphatic carbocycles. The molecule has 11 nitrogen and oxygen atoms in total.